The Morgan fingerprint density at radius 2 is 2.05 bits per heavy atom. The highest BCUT2D eigenvalue weighted by Crippen LogP contribution is 2.18. The lowest BCUT2D eigenvalue weighted by Gasteiger charge is -2.12. The normalized spacial score (nSPS) is 13.1. The van der Waals surface area contributed by atoms with E-state index in [0.717, 1.165) is 0 Å². The maximum atomic E-state index is 12.3. The van der Waals surface area contributed by atoms with Gasteiger partial charge >= 0.3 is 5.97 Å². The summed E-state index contributed by atoms with van der Waals surface area (Å²) >= 11 is 0. The molecule has 1 aromatic rings. The third-order valence-corrected chi connectivity index (χ3v) is 4.62. The van der Waals surface area contributed by atoms with Crippen LogP contribution in [0.2, 0.25) is 0 Å². The van der Waals surface area contributed by atoms with E-state index < -0.39 is 22.1 Å². The molecule has 0 heterocycles. The Labute approximate surface area is 124 Å². The molecule has 0 spiro atoms. The molecule has 0 aliphatic heterocycles. The van der Waals surface area contributed by atoms with Crippen molar-refractivity contribution in [3.05, 3.63) is 29.3 Å². The number of aromatic carboxylic acids is 1. The minimum atomic E-state index is -3.75. The van der Waals surface area contributed by atoms with Gasteiger partial charge in [-0.25, -0.2) is 17.9 Å². The summed E-state index contributed by atoms with van der Waals surface area (Å²) in [5.41, 5.74) is 0.514. The third kappa shape index (κ3) is 5.11. The molecule has 3 N–H and O–H groups in total. The fourth-order valence-corrected chi connectivity index (χ4v) is 3.32. The lowest BCUT2D eigenvalue weighted by molar-refractivity contribution is 0.0696. The van der Waals surface area contributed by atoms with Crippen molar-refractivity contribution in [2.75, 3.05) is 6.54 Å². The maximum absolute atomic E-state index is 12.3. The number of aliphatic hydroxyl groups excluding tert-OH is 1. The summed E-state index contributed by atoms with van der Waals surface area (Å²) in [5, 5.41) is 18.1. The molecule has 1 aromatic carbocycles. The SMILES string of the molecule is CCc1ccc(C(=O)O)cc1S(=O)(=O)NCCCC(C)O. The number of aliphatic hydroxyl groups is 1. The Balaban J connectivity index is 2.95. The van der Waals surface area contributed by atoms with Crippen molar-refractivity contribution in [3.63, 3.8) is 0 Å². The van der Waals surface area contributed by atoms with E-state index in [1.54, 1.807) is 6.92 Å². The number of hydrogen-bond donors (Lipinski definition) is 3. The molecule has 0 aliphatic rings. The number of benzene rings is 1. The molecule has 0 saturated carbocycles. The average molecular weight is 315 g/mol. The summed E-state index contributed by atoms with van der Waals surface area (Å²) in [6.07, 6.45) is 1.02. The standard InChI is InChI=1S/C14H21NO5S/c1-3-11-6-7-12(14(17)18)9-13(11)21(19,20)15-8-4-5-10(2)16/h6-7,9-10,15-16H,3-5,8H2,1-2H3,(H,17,18). The van der Waals surface area contributed by atoms with E-state index in [9.17, 15) is 13.2 Å². The van der Waals surface area contributed by atoms with Gasteiger partial charge in [-0.05, 0) is 43.9 Å². The second kappa shape index (κ2) is 7.53. The highest BCUT2D eigenvalue weighted by atomic mass is 32.2. The molecule has 21 heavy (non-hydrogen) atoms. The highest BCUT2D eigenvalue weighted by molar-refractivity contribution is 7.89. The van der Waals surface area contributed by atoms with Crippen molar-refractivity contribution < 1.29 is 23.4 Å². The molecule has 0 saturated heterocycles. The van der Waals surface area contributed by atoms with E-state index in [2.05, 4.69) is 4.72 Å². The van der Waals surface area contributed by atoms with Crippen molar-refractivity contribution in [1.29, 1.82) is 0 Å². The molecule has 0 fully saturated rings. The molecular formula is C14H21NO5S. The number of rotatable bonds is 8. The van der Waals surface area contributed by atoms with Crippen LogP contribution < -0.4 is 4.72 Å². The Morgan fingerprint density at radius 1 is 1.38 bits per heavy atom. The molecule has 1 rings (SSSR count). The summed E-state index contributed by atoms with van der Waals surface area (Å²) in [5.74, 6) is -1.16. The predicted octanol–water partition coefficient (Wildman–Crippen LogP) is 1.39. The monoisotopic (exact) mass is 315 g/mol. The van der Waals surface area contributed by atoms with Crippen molar-refractivity contribution in [2.45, 2.75) is 44.1 Å². The zero-order valence-electron chi connectivity index (χ0n) is 12.2. The molecule has 1 atom stereocenters. The number of carboxylic acids is 1. The third-order valence-electron chi connectivity index (χ3n) is 3.08. The van der Waals surface area contributed by atoms with Crippen molar-refractivity contribution in [1.82, 2.24) is 4.72 Å². The summed E-state index contributed by atoms with van der Waals surface area (Å²) in [6, 6.07) is 4.10. The van der Waals surface area contributed by atoms with Crippen LogP contribution in [0.25, 0.3) is 0 Å². The second-order valence-corrected chi connectivity index (χ2v) is 6.61. The van der Waals surface area contributed by atoms with Crippen LogP contribution in [0.1, 0.15) is 42.6 Å². The highest BCUT2D eigenvalue weighted by Gasteiger charge is 2.19. The van der Waals surface area contributed by atoms with Gasteiger partial charge in [0.05, 0.1) is 16.6 Å². The van der Waals surface area contributed by atoms with Crippen molar-refractivity contribution >= 4 is 16.0 Å². The quantitative estimate of drug-likeness (QED) is 0.629. The zero-order valence-corrected chi connectivity index (χ0v) is 13.0. The first-order valence-electron chi connectivity index (χ1n) is 6.82. The number of sulfonamides is 1. The van der Waals surface area contributed by atoms with Crippen molar-refractivity contribution in [3.8, 4) is 0 Å². The van der Waals surface area contributed by atoms with Crippen LogP contribution in [0, 0.1) is 0 Å². The molecule has 0 bridgehead atoms. The summed E-state index contributed by atoms with van der Waals surface area (Å²) in [4.78, 5) is 11.0. The van der Waals surface area contributed by atoms with E-state index >= 15 is 0 Å². The lowest BCUT2D eigenvalue weighted by Crippen LogP contribution is -2.26. The molecular weight excluding hydrogens is 294 g/mol. The van der Waals surface area contributed by atoms with Gasteiger partial charge in [-0.3, -0.25) is 0 Å². The first-order chi connectivity index (χ1) is 9.77. The minimum absolute atomic E-state index is 0.00180. The Bertz CT molecular complexity index is 595. The van der Waals surface area contributed by atoms with Crippen LogP contribution in [-0.2, 0) is 16.4 Å². The fraction of sp³-hybridized carbons (Fsp3) is 0.500. The summed E-state index contributed by atoms with van der Waals surface area (Å²) < 4.78 is 27.0. The molecule has 118 valence electrons. The van der Waals surface area contributed by atoms with E-state index in [4.69, 9.17) is 10.2 Å². The fourth-order valence-electron chi connectivity index (χ4n) is 1.91. The first-order valence-corrected chi connectivity index (χ1v) is 8.30. The lowest BCUT2D eigenvalue weighted by atomic mass is 10.1. The van der Waals surface area contributed by atoms with E-state index in [-0.39, 0.29) is 17.0 Å². The van der Waals surface area contributed by atoms with E-state index in [0.29, 0.717) is 24.8 Å². The largest absolute Gasteiger partial charge is 0.478 e. The van der Waals surface area contributed by atoms with Crippen LogP contribution >= 0.6 is 0 Å². The van der Waals surface area contributed by atoms with Gasteiger partial charge in [-0.2, -0.15) is 0 Å². The van der Waals surface area contributed by atoms with Crippen LogP contribution in [-0.4, -0.2) is 37.2 Å². The van der Waals surface area contributed by atoms with E-state index in [1.165, 1.54) is 18.2 Å². The molecule has 0 aromatic heterocycles. The van der Waals surface area contributed by atoms with Crippen LogP contribution in [0.15, 0.2) is 23.1 Å². The average Bonchev–Trinajstić information content (AvgIpc) is 2.42. The second-order valence-electron chi connectivity index (χ2n) is 4.87. The van der Waals surface area contributed by atoms with Crippen LogP contribution in [0.3, 0.4) is 0 Å². The number of aryl methyl sites for hydroxylation is 1. The molecule has 6 nitrogen and oxygen atoms in total. The van der Waals surface area contributed by atoms with Gasteiger partial charge in [-0.1, -0.05) is 13.0 Å². The molecule has 0 radical (unpaired) electrons. The number of nitrogens with one attached hydrogen (secondary N) is 1. The molecule has 1 unspecified atom stereocenters. The predicted molar refractivity (Wildman–Crippen MR) is 78.9 cm³/mol. The minimum Gasteiger partial charge on any atom is -0.478 e. The summed E-state index contributed by atoms with van der Waals surface area (Å²) in [6.45, 7) is 3.65. The van der Waals surface area contributed by atoms with Crippen LogP contribution in [0.5, 0.6) is 0 Å². The maximum Gasteiger partial charge on any atom is 0.335 e. The Hall–Kier alpha value is -1.44. The van der Waals surface area contributed by atoms with Crippen LogP contribution in [0.4, 0.5) is 0 Å². The van der Waals surface area contributed by atoms with Gasteiger partial charge in [0.2, 0.25) is 10.0 Å². The molecule has 7 heteroatoms. The van der Waals surface area contributed by atoms with E-state index in [1.807, 2.05) is 6.92 Å². The number of carboxylic acid groups (broad SMARTS) is 1. The first kappa shape index (κ1) is 17.6. The summed E-state index contributed by atoms with van der Waals surface area (Å²) in [7, 11) is -3.75. The zero-order chi connectivity index (χ0) is 16.0. The molecule has 0 amide bonds. The van der Waals surface area contributed by atoms with Gasteiger partial charge < -0.3 is 10.2 Å². The number of carbonyl (C=O) groups is 1. The van der Waals surface area contributed by atoms with Gasteiger partial charge in [0.25, 0.3) is 0 Å². The Morgan fingerprint density at radius 3 is 2.57 bits per heavy atom. The van der Waals surface area contributed by atoms with Gasteiger partial charge in [0, 0.05) is 6.54 Å². The van der Waals surface area contributed by atoms with Gasteiger partial charge in [-0.15, -0.1) is 0 Å². The smallest absolute Gasteiger partial charge is 0.335 e. The van der Waals surface area contributed by atoms with Gasteiger partial charge in [0.15, 0.2) is 0 Å². The number of hydrogen-bond acceptors (Lipinski definition) is 4. The molecule has 0 aliphatic carbocycles. The van der Waals surface area contributed by atoms with Crippen molar-refractivity contribution in [2.24, 2.45) is 0 Å². The topological polar surface area (TPSA) is 104 Å². The Kier molecular flexibility index (Phi) is 6.32. The van der Waals surface area contributed by atoms with Gasteiger partial charge in [0.1, 0.15) is 0 Å².